The first-order chi connectivity index (χ1) is 14.6. The fraction of sp³-hybridized carbons (Fsp3) is 0.381. The number of carbonyl (C=O) groups is 1. The van der Waals surface area contributed by atoms with Crippen molar-refractivity contribution in [3.05, 3.63) is 51.8 Å². The fourth-order valence-corrected chi connectivity index (χ4v) is 4.15. The van der Waals surface area contributed by atoms with Crippen LogP contribution in [0.2, 0.25) is 0 Å². The minimum atomic E-state index is -0.360. The summed E-state index contributed by atoms with van der Waals surface area (Å²) in [6.07, 6.45) is 4.51. The molecular weight excluding hydrogens is 400 g/mol. The predicted molar refractivity (Wildman–Crippen MR) is 118 cm³/mol. The highest BCUT2D eigenvalue weighted by Crippen LogP contribution is 2.23. The molecule has 1 fully saturated rings. The predicted octanol–water partition coefficient (Wildman–Crippen LogP) is 2.95. The highest BCUT2D eigenvalue weighted by Gasteiger charge is 2.13. The van der Waals surface area contributed by atoms with Crippen molar-refractivity contribution < 1.29 is 4.79 Å². The van der Waals surface area contributed by atoms with Crippen molar-refractivity contribution in [2.75, 3.05) is 23.3 Å². The van der Waals surface area contributed by atoms with Gasteiger partial charge in [-0.2, -0.15) is 5.10 Å². The van der Waals surface area contributed by atoms with Crippen LogP contribution in [0, 0.1) is 0 Å². The molecule has 1 amide bonds. The lowest BCUT2D eigenvalue weighted by atomic mass is 10.1. The van der Waals surface area contributed by atoms with Gasteiger partial charge in [0.1, 0.15) is 11.6 Å². The summed E-state index contributed by atoms with van der Waals surface area (Å²) in [6.45, 7) is 3.97. The van der Waals surface area contributed by atoms with Crippen molar-refractivity contribution in [1.29, 1.82) is 0 Å². The summed E-state index contributed by atoms with van der Waals surface area (Å²) in [5.41, 5.74) is 2.43. The summed E-state index contributed by atoms with van der Waals surface area (Å²) in [5, 5.41) is 16.2. The van der Waals surface area contributed by atoms with Crippen LogP contribution >= 0.6 is 11.3 Å². The second-order valence-corrected chi connectivity index (χ2v) is 8.27. The molecule has 4 rings (SSSR count). The molecule has 2 aromatic heterocycles. The molecule has 8 nitrogen and oxygen atoms in total. The number of rotatable bonds is 6. The summed E-state index contributed by atoms with van der Waals surface area (Å²) in [5.74, 6) is -0.360. The number of aromatic nitrogens is 4. The van der Waals surface area contributed by atoms with Crippen molar-refractivity contribution in [2.24, 2.45) is 0 Å². The summed E-state index contributed by atoms with van der Waals surface area (Å²) in [6, 6.07) is 11.3. The average Bonchev–Trinajstić information content (AvgIpc) is 3.23. The molecule has 0 bridgehead atoms. The van der Waals surface area contributed by atoms with E-state index >= 15 is 0 Å². The molecule has 0 unspecified atom stereocenters. The van der Waals surface area contributed by atoms with Gasteiger partial charge in [0.2, 0.25) is 11.0 Å². The van der Waals surface area contributed by atoms with Crippen molar-refractivity contribution >= 4 is 28.1 Å². The van der Waals surface area contributed by atoms with Crippen LogP contribution in [0.15, 0.2) is 41.2 Å². The number of nitrogens with one attached hydrogen (secondary N) is 1. The Balaban J connectivity index is 1.47. The first-order valence-electron chi connectivity index (χ1n) is 10.2. The van der Waals surface area contributed by atoms with Crippen molar-refractivity contribution in [3.8, 4) is 11.3 Å². The highest BCUT2D eigenvalue weighted by atomic mass is 32.1. The Labute approximate surface area is 178 Å². The Morgan fingerprint density at radius 1 is 1.07 bits per heavy atom. The quantitative estimate of drug-likeness (QED) is 0.654. The van der Waals surface area contributed by atoms with Crippen LogP contribution in [-0.4, -0.2) is 39.0 Å². The van der Waals surface area contributed by atoms with E-state index in [0.717, 1.165) is 30.1 Å². The van der Waals surface area contributed by atoms with E-state index in [-0.39, 0.29) is 18.0 Å². The highest BCUT2D eigenvalue weighted by molar-refractivity contribution is 7.15. The average molecular weight is 425 g/mol. The number of benzene rings is 1. The maximum absolute atomic E-state index is 12.3. The molecule has 3 heterocycles. The summed E-state index contributed by atoms with van der Waals surface area (Å²) in [7, 11) is 0. The SMILES string of the molecule is CCc1nnc(NC(=O)Cn2nc(-c3ccc(N4CCCCC4)cc3)ccc2=O)s1. The van der Waals surface area contributed by atoms with E-state index in [2.05, 4.69) is 37.6 Å². The molecule has 1 saturated heterocycles. The number of carbonyl (C=O) groups excluding carboxylic acids is 1. The Bertz CT molecular complexity index is 1070. The molecule has 9 heteroatoms. The van der Waals surface area contributed by atoms with Gasteiger partial charge in [-0.1, -0.05) is 30.4 Å². The zero-order valence-electron chi connectivity index (χ0n) is 16.9. The summed E-state index contributed by atoms with van der Waals surface area (Å²) in [4.78, 5) is 26.9. The van der Waals surface area contributed by atoms with E-state index in [1.54, 1.807) is 6.07 Å². The molecule has 0 radical (unpaired) electrons. The Kier molecular flexibility index (Phi) is 6.18. The lowest BCUT2D eigenvalue weighted by Gasteiger charge is -2.28. The first kappa shape index (κ1) is 20.2. The monoisotopic (exact) mass is 424 g/mol. The van der Waals surface area contributed by atoms with Crippen LogP contribution in [0.3, 0.4) is 0 Å². The van der Waals surface area contributed by atoms with Crippen molar-refractivity contribution in [1.82, 2.24) is 20.0 Å². The van der Waals surface area contributed by atoms with Gasteiger partial charge in [-0.3, -0.25) is 14.9 Å². The lowest BCUT2D eigenvalue weighted by Crippen LogP contribution is -2.29. The third kappa shape index (κ3) is 4.73. The zero-order chi connectivity index (χ0) is 20.9. The third-order valence-electron chi connectivity index (χ3n) is 5.06. The van der Waals surface area contributed by atoms with Crippen molar-refractivity contribution in [3.63, 3.8) is 0 Å². The number of piperidine rings is 1. The summed E-state index contributed by atoms with van der Waals surface area (Å²) < 4.78 is 1.17. The second kappa shape index (κ2) is 9.17. The van der Waals surface area contributed by atoms with Gasteiger partial charge in [0.05, 0.1) is 5.69 Å². The van der Waals surface area contributed by atoms with Crippen LogP contribution < -0.4 is 15.8 Å². The van der Waals surface area contributed by atoms with Gasteiger partial charge < -0.3 is 4.90 Å². The van der Waals surface area contributed by atoms with Gasteiger partial charge in [-0.05, 0) is 43.9 Å². The zero-order valence-corrected chi connectivity index (χ0v) is 17.7. The molecule has 1 aliphatic rings. The van der Waals surface area contributed by atoms with Gasteiger partial charge in [0, 0.05) is 30.4 Å². The van der Waals surface area contributed by atoms with Gasteiger partial charge in [-0.15, -0.1) is 10.2 Å². The minimum absolute atomic E-state index is 0.181. The molecule has 3 aromatic rings. The van der Waals surface area contributed by atoms with E-state index in [1.165, 1.54) is 47.0 Å². The largest absolute Gasteiger partial charge is 0.372 e. The lowest BCUT2D eigenvalue weighted by molar-refractivity contribution is -0.117. The number of anilines is 2. The topological polar surface area (TPSA) is 93.0 Å². The fourth-order valence-electron chi connectivity index (χ4n) is 3.45. The van der Waals surface area contributed by atoms with Gasteiger partial charge >= 0.3 is 0 Å². The second-order valence-electron chi connectivity index (χ2n) is 7.21. The Morgan fingerprint density at radius 3 is 2.53 bits per heavy atom. The number of amides is 1. The number of aryl methyl sites for hydroxylation is 1. The van der Waals surface area contributed by atoms with Crippen LogP contribution in [0.1, 0.15) is 31.2 Å². The van der Waals surface area contributed by atoms with E-state index < -0.39 is 0 Å². The van der Waals surface area contributed by atoms with E-state index in [4.69, 9.17) is 0 Å². The standard InChI is InChI=1S/C21H24N6O2S/c1-2-19-23-24-21(30-19)22-18(28)14-27-20(29)11-10-17(25-27)15-6-8-16(9-7-15)26-12-4-3-5-13-26/h6-11H,2-5,12-14H2,1H3,(H,22,24,28). The molecule has 0 spiro atoms. The number of nitrogens with zero attached hydrogens (tertiary/aromatic N) is 5. The van der Waals surface area contributed by atoms with Crippen molar-refractivity contribution in [2.45, 2.75) is 39.2 Å². The van der Waals surface area contributed by atoms with Gasteiger partial charge in [0.25, 0.3) is 5.56 Å². The summed E-state index contributed by atoms with van der Waals surface area (Å²) >= 11 is 1.32. The maximum atomic E-state index is 12.3. The van der Waals surface area contributed by atoms with Gasteiger partial charge in [0.15, 0.2) is 0 Å². The minimum Gasteiger partial charge on any atom is -0.372 e. The normalized spacial score (nSPS) is 14.0. The van der Waals surface area contributed by atoms with Crippen LogP contribution in [-0.2, 0) is 17.8 Å². The van der Waals surface area contributed by atoms with E-state index in [0.29, 0.717) is 10.8 Å². The smallest absolute Gasteiger partial charge is 0.267 e. The van der Waals surface area contributed by atoms with Crippen LogP contribution in [0.5, 0.6) is 0 Å². The molecule has 1 aliphatic heterocycles. The Hall–Kier alpha value is -3.07. The molecule has 156 valence electrons. The Morgan fingerprint density at radius 2 is 1.83 bits per heavy atom. The first-order valence-corrected chi connectivity index (χ1v) is 11.0. The van der Waals surface area contributed by atoms with Crippen LogP contribution in [0.25, 0.3) is 11.3 Å². The van der Waals surface area contributed by atoms with Crippen LogP contribution in [0.4, 0.5) is 10.8 Å². The molecule has 0 aliphatic carbocycles. The molecule has 30 heavy (non-hydrogen) atoms. The van der Waals surface area contributed by atoms with Gasteiger partial charge in [-0.25, -0.2) is 4.68 Å². The van der Waals surface area contributed by atoms with E-state index in [9.17, 15) is 9.59 Å². The third-order valence-corrected chi connectivity index (χ3v) is 6.04. The molecule has 1 aromatic carbocycles. The number of hydrogen-bond donors (Lipinski definition) is 1. The molecule has 1 N–H and O–H groups in total. The maximum Gasteiger partial charge on any atom is 0.267 e. The number of hydrogen-bond acceptors (Lipinski definition) is 7. The molecule has 0 saturated carbocycles. The molecular formula is C21H24N6O2S. The molecule has 0 atom stereocenters. The van der Waals surface area contributed by atoms with E-state index in [1.807, 2.05) is 19.1 Å².